The molecule has 174 valence electrons. The maximum Gasteiger partial charge on any atom is 0.325 e. The minimum Gasteiger partial charge on any atom is -0.468 e. The molecule has 0 aliphatic carbocycles. The minimum absolute atomic E-state index is 0.108. The van der Waals surface area contributed by atoms with E-state index in [1.54, 1.807) is 41.0 Å². The van der Waals surface area contributed by atoms with E-state index >= 15 is 0 Å². The summed E-state index contributed by atoms with van der Waals surface area (Å²) in [4.78, 5) is 29.6. The standard InChI is InChI=1S/C23H18BrN3O5S2/c1-32-21(28)14-27-19-11-10-16(24)13-20(19)33-23(27)25-22(29)15-6-5-7-17(12-15)26-34(30,31)18-8-3-2-4-9-18/h2-13,26H,14H2,1H3. The van der Waals surface area contributed by atoms with Gasteiger partial charge in [0, 0.05) is 15.7 Å². The van der Waals surface area contributed by atoms with Crippen LogP contribution < -0.4 is 9.52 Å². The first-order chi connectivity index (χ1) is 16.3. The summed E-state index contributed by atoms with van der Waals surface area (Å²) < 4.78 is 35.8. The van der Waals surface area contributed by atoms with Crippen LogP contribution in [0.1, 0.15) is 10.4 Å². The minimum atomic E-state index is -3.81. The zero-order valence-electron chi connectivity index (χ0n) is 17.8. The molecule has 34 heavy (non-hydrogen) atoms. The maximum absolute atomic E-state index is 13.0. The molecule has 0 saturated heterocycles. The Hall–Kier alpha value is -3.28. The molecule has 0 radical (unpaired) electrons. The van der Waals surface area contributed by atoms with Crippen molar-refractivity contribution in [2.45, 2.75) is 11.4 Å². The highest BCUT2D eigenvalue weighted by molar-refractivity contribution is 9.10. The van der Waals surface area contributed by atoms with E-state index in [1.165, 1.54) is 36.6 Å². The number of methoxy groups -OCH3 is 1. The average molecular weight is 560 g/mol. The van der Waals surface area contributed by atoms with E-state index in [0.29, 0.717) is 4.80 Å². The first-order valence-electron chi connectivity index (χ1n) is 9.89. The lowest BCUT2D eigenvalue weighted by molar-refractivity contribution is -0.141. The van der Waals surface area contributed by atoms with Gasteiger partial charge in [-0.3, -0.25) is 14.3 Å². The van der Waals surface area contributed by atoms with Gasteiger partial charge in [-0.25, -0.2) is 8.42 Å². The van der Waals surface area contributed by atoms with Gasteiger partial charge in [-0.15, -0.1) is 0 Å². The highest BCUT2D eigenvalue weighted by Crippen LogP contribution is 2.23. The quantitative estimate of drug-likeness (QED) is 0.356. The van der Waals surface area contributed by atoms with Crippen molar-refractivity contribution < 1.29 is 22.7 Å². The van der Waals surface area contributed by atoms with Crippen LogP contribution >= 0.6 is 27.3 Å². The number of carbonyl (C=O) groups is 2. The van der Waals surface area contributed by atoms with Gasteiger partial charge in [-0.1, -0.05) is 51.5 Å². The number of nitrogens with one attached hydrogen (secondary N) is 1. The number of fused-ring (bicyclic) bond motifs is 1. The number of aromatic nitrogens is 1. The van der Waals surface area contributed by atoms with Crippen molar-refractivity contribution in [2.24, 2.45) is 4.99 Å². The summed E-state index contributed by atoms with van der Waals surface area (Å²) in [5, 5.41) is 0. The molecule has 0 bridgehead atoms. The van der Waals surface area contributed by atoms with Crippen LogP contribution in [0.25, 0.3) is 10.2 Å². The van der Waals surface area contributed by atoms with Crippen molar-refractivity contribution in [1.82, 2.24) is 4.57 Å². The van der Waals surface area contributed by atoms with Crippen molar-refractivity contribution >= 4 is 65.1 Å². The van der Waals surface area contributed by atoms with Gasteiger partial charge in [0.25, 0.3) is 15.9 Å². The summed E-state index contributed by atoms with van der Waals surface area (Å²) in [6.45, 7) is -0.110. The molecule has 0 spiro atoms. The Kier molecular flexibility index (Phi) is 6.96. The summed E-state index contributed by atoms with van der Waals surface area (Å²) in [6, 6.07) is 19.5. The highest BCUT2D eigenvalue weighted by atomic mass is 79.9. The Morgan fingerprint density at radius 1 is 1.06 bits per heavy atom. The van der Waals surface area contributed by atoms with Gasteiger partial charge in [-0.05, 0) is 48.5 Å². The summed E-state index contributed by atoms with van der Waals surface area (Å²) >= 11 is 4.67. The van der Waals surface area contributed by atoms with E-state index in [1.807, 2.05) is 18.2 Å². The van der Waals surface area contributed by atoms with Gasteiger partial charge in [0.2, 0.25) is 0 Å². The Morgan fingerprint density at radius 2 is 1.82 bits per heavy atom. The first kappa shape index (κ1) is 23.9. The molecular formula is C23H18BrN3O5S2. The third-order valence-corrected chi connectivity index (χ3v) is 7.70. The molecule has 0 fully saturated rings. The number of ether oxygens (including phenoxy) is 1. The van der Waals surface area contributed by atoms with E-state index in [0.717, 1.165) is 14.7 Å². The number of esters is 1. The summed E-state index contributed by atoms with van der Waals surface area (Å²) in [6.07, 6.45) is 0. The van der Waals surface area contributed by atoms with Crippen LogP contribution in [0.15, 0.2) is 87.2 Å². The molecule has 1 heterocycles. The van der Waals surface area contributed by atoms with Crippen LogP contribution in [0.4, 0.5) is 5.69 Å². The Balaban J connectivity index is 1.70. The Morgan fingerprint density at radius 3 is 2.56 bits per heavy atom. The molecule has 11 heteroatoms. The third-order valence-electron chi connectivity index (χ3n) is 4.77. The predicted octanol–water partition coefficient (Wildman–Crippen LogP) is 4.18. The third kappa shape index (κ3) is 5.27. The van der Waals surface area contributed by atoms with Crippen molar-refractivity contribution in [3.05, 3.63) is 87.6 Å². The zero-order valence-corrected chi connectivity index (χ0v) is 21.0. The molecule has 0 unspecified atom stereocenters. The lowest BCUT2D eigenvalue weighted by Gasteiger charge is -2.08. The van der Waals surface area contributed by atoms with Crippen LogP contribution in [-0.2, 0) is 26.1 Å². The number of hydrogen-bond acceptors (Lipinski definition) is 6. The Bertz CT molecular complexity index is 1560. The summed E-state index contributed by atoms with van der Waals surface area (Å²) in [5.74, 6) is -1.06. The fourth-order valence-corrected chi connectivity index (χ4v) is 5.81. The molecule has 0 aliphatic heterocycles. The maximum atomic E-state index is 13.0. The number of halogens is 1. The van der Waals surface area contributed by atoms with Crippen LogP contribution in [-0.4, -0.2) is 32.0 Å². The lowest BCUT2D eigenvalue weighted by atomic mass is 10.2. The Labute approximate surface area is 207 Å². The lowest BCUT2D eigenvalue weighted by Crippen LogP contribution is -2.22. The predicted molar refractivity (Wildman–Crippen MR) is 133 cm³/mol. The number of benzene rings is 3. The second-order valence-electron chi connectivity index (χ2n) is 7.08. The second kappa shape index (κ2) is 9.92. The molecule has 4 rings (SSSR count). The van der Waals surface area contributed by atoms with Crippen LogP contribution in [0.2, 0.25) is 0 Å². The number of hydrogen-bond donors (Lipinski definition) is 1. The molecule has 1 amide bonds. The van der Waals surface area contributed by atoms with E-state index < -0.39 is 21.9 Å². The number of rotatable bonds is 6. The zero-order chi connectivity index (χ0) is 24.3. The summed E-state index contributed by atoms with van der Waals surface area (Å²) in [5.41, 5.74) is 1.15. The number of sulfonamides is 1. The van der Waals surface area contributed by atoms with Gasteiger partial charge in [0.05, 0.1) is 22.2 Å². The number of thiazole rings is 1. The average Bonchev–Trinajstić information content (AvgIpc) is 3.15. The van der Waals surface area contributed by atoms with E-state index in [4.69, 9.17) is 4.74 Å². The molecule has 1 aromatic heterocycles. The molecule has 0 atom stereocenters. The molecular weight excluding hydrogens is 542 g/mol. The largest absolute Gasteiger partial charge is 0.468 e. The van der Waals surface area contributed by atoms with Crippen molar-refractivity contribution in [1.29, 1.82) is 0 Å². The van der Waals surface area contributed by atoms with Gasteiger partial charge in [0.15, 0.2) is 4.80 Å². The van der Waals surface area contributed by atoms with Crippen molar-refractivity contribution in [2.75, 3.05) is 11.8 Å². The van der Waals surface area contributed by atoms with Crippen LogP contribution in [0.3, 0.4) is 0 Å². The highest BCUT2D eigenvalue weighted by Gasteiger charge is 2.16. The first-order valence-corrected chi connectivity index (χ1v) is 13.0. The second-order valence-corrected chi connectivity index (χ2v) is 10.7. The number of amides is 1. The molecule has 8 nitrogen and oxygen atoms in total. The topological polar surface area (TPSA) is 107 Å². The molecule has 4 aromatic rings. The van der Waals surface area contributed by atoms with Crippen LogP contribution in [0, 0.1) is 0 Å². The molecule has 0 saturated carbocycles. The number of anilines is 1. The molecule has 1 N–H and O–H groups in total. The van der Waals surface area contributed by atoms with Gasteiger partial charge < -0.3 is 9.30 Å². The van der Waals surface area contributed by atoms with E-state index in [2.05, 4.69) is 25.6 Å². The fraction of sp³-hybridized carbons (Fsp3) is 0.0870. The number of carbonyl (C=O) groups excluding carboxylic acids is 2. The summed E-state index contributed by atoms with van der Waals surface area (Å²) in [7, 11) is -2.52. The molecule has 0 aliphatic rings. The SMILES string of the molecule is COC(=O)Cn1c(=NC(=O)c2cccc(NS(=O)(=O)c3ccccc3)c2)sc2cc(Br)ccc21. The van der Waals surface area contributed by atoms with E-state index in [9.17, 15) is 18.0 Å². The fourth-order valence-electron chi connectivity index (χ4n) is 3.16. The monoisotopic (exact) mass is 559 g/mol. The smallest absolute Gasteiger partial charge is 0.325 e. The normalized spacial score (nSPS) is 12.0. The van der Waals surface area contributed by atoms with Crippen molar-refractivity contribution in [3.8, 4) is 0 Å². The van der Waals surface area contributed by atoms with Crippen molar-refractivity contribution in [3.63, 3.8) is 0 Å². The van der Waals surface area contributed by atoms with Crippen LogP contribution in [0.5, 0.6) is 0 Å². The van der Waals surface area contributed by atoms with Gasteiger partial charge in [-0.2, -0.15) is 4.99 Å². The van der Waals surface area contributed by atoms with Gasteiger partial charge in [0.1, 0.15) is 6.54 Å². The van der Waals surface area contributed by atoms with E-state index in [-0.39, 0.29) is 22.7 Å². The number of nitrogens with zero attached hydrogens (tertiary/aromatic N) is 2. The van der Waals surface area contributed by atoms with Gasteiger partial charge >= 0.3 is 5.97 Å². The molecule has 3 aromatic carbocycles.